The molecule has 3 atom stereocenters. The minimum Gasteiger partial charge on any atom is -0.458 e. The average Bonchev–Trinajstić information content (AvgIpc) is 3.04. The molecule has 5 nitrogen and oxygen atoms in total. The Labute approximate surface area is 147 Å². The number of carbonyl (C=O) groups is 1. The van der Waals surface area contributed by atoms with Crippen molar-refractivity contribution in [2.75, 3.05) is 18.0 Å². The molecule has 1 aliphatic heterocycles. The molecule has 1 saturated carbocycles. The highest BCUT2D eigenvalue weighted by Gasteiger charge is 2.45. The number of carbonyl (C=O) groups excluding carboxylic acids is 1. The van der Waals surface area contributed by atoms with Crippen molar-refractivity contribution in [3.05, 3.63) is 54.1 Å². The van der Waals surface area contributed by atoms with Crippen LogP contribution in [-0.4, -0.2) is 35.1 Å². The second kappa shape index (κ2) is 6.39. The van der Waals surface area contributed by atoms with Crippen LogP contribution in [0.5, 0.6) is 0 Å². The highest BCUT2D eigenvalue weighted by atomic mass is 16.5. The molecule has 2 aliphatic rings. The molecule has 2 aromatic rings. The van der Waals surface area contributed by atoms with Crippen molar-refractivity contribution >= 4 is 17.7 Å². The number of nitrogens with one attached hydrogen (secondary N) is 1. The number of piperidine rings is 1. The van der Waals surface area contributed by atoms with Crippen LogP contribution in [0.4, 0.5) is 5.69 Å². The number of benzene rings is 1. The summed E-state index contributed by atoms with van der Waals surface area (Å²) in [6, 6.07) is 6.52. The van der Waals surface area contributed by atoms with E-state index >= 15 is 0 Å². The molecule has 3 unspecified atom stereocenters. The average molecular weight is 337 g/mol. The molecule has 0 amide bonds. The molecule has 0 bridgehead atoms. The van der Waals surface area contributed by atoms with Crippen molar-refractivity contribution in [1.82, 2.24) is 9.97 Å². The third-order valence-electron chi connectivity index (χ3n) is 5.23. The standard InChI is InChI=1S/C20H23N3O2/c1-3-14-8-18(23-10-16-7-17(16)11-23)5-4-15(14)6-13(2)25-20(24)19-9-21-12-22-19/h3-5,8-9,12-13,16-17H,1,6-7,10-11H2,2H3,(H,21,22). The molecule has 2 heterocycles. The molecule has 1 saturated heterocycles. The molecule has 4 rings (SSSR count). The summed E-state index contributed by atoms with van der Waals surface area (Å²) in [6.45, 7) is 8.22. The highest BCUT2D eigenvalue weighted by Crippen LogP contribution is 2.46. The summed E-state index contributed by atoms with van der Waals surface area (Å²) in [4.78, 5) is 21.1. The number of rotatable bonds is 6. The number of H-pyrrole nitrogens is 1. The molecule has 1 aromatic carbocycles. The van der Waals surface area contributed by atoms with Gasteiger partial charge in [0.25, 0.3) is 0 Å². The largest absolute Gasteiger partial charge is 0.458 e. The van der Waals surface area contributed by atoms with Crippen LogP contribution in [0, 0.1) is 11.8 Å². The summed E-state index contributed by atoms with van der Waals surface area (Å²) in [5, 5.41) is 0. The molecular weight excluding hydrogens is 314 g/mol. The maximum absolute atomic E-state index is 12.0. The van der Waals surface area contributed by atoms with Crippen molar-refractivity contribution in [3.8, 4) is 0 Å². The fraction of sp³-hybridized carbons (Fsp3) is 0.400. The summed E-state index contributed by atoms with van der Waals surface area (Å²) in [7, 11) is 0. The Kier molecular flexibility index (Phi) is 4.07. The number of nitrogens with zero attached hydrogens (tertiary/aromatic N) is 2. The van der Waals surface area contributed by atoms with Crippen molar-refractivity contribution in [3.63, 3.8) is 0 Å². The van der Waals surface area contributed by atoms with Gasteiger partial charge in [-0.25, -0.2) is 9.78 Å². The van der Waals surface area contributed by atoms with Gasteiger partial charge in [-0.1, -0.05) is 18.7 Å². The maximum atomic E-state index is 12.0. The number of hydrogen-bond donors (Lipinski definition) is 1. The minimum atomic E-state index is -0.377. The number of ether oxygens (including phenoxy) is 1. The van der Waals surface area contributed by atoms with E-state index in [1.54, 1.807) is 0 Å². The predicted molar refractivity (Wildman–Crippen MR) is 97.5 cm³/mol. The highest BCUT2D eigenvalue weighted by molar-refractivity contribution is 5.87. The van der Waals surface area contributed by atoms with E-state index in [0.717, 1.165) is 23.0 Å². The normalized spacial score (nSPS) is 22.4. The number of aromatic nitrogens is 2. The topological polar surface area (TPSA) is 58.2 Å². The van der Waals surface area contributed by atoms with Gasteiger partial charge in [-0.3, -0.25) is 0 Å². The summed E-state index contributed by atoms with van der Waals surface area (Å²) in [5.74, 6) is 1.45. The summed E-state index contributed by atoms with van der Waals surface area (Å²) in [6.07, 6.45) is 6.67. The zero-order valence-electron chi connectivity index (χ0n) is 14.4. The van der Waals surface area contributed by atoms with Crippen LogP contribution in [0.25, 0.3) is 6.08 Å². The summed E-state index contributed by atoms with van der Waals surface area (Å²) in [5.41, 5.74) is 3.90. The van der Waals surface area contributed by atoms with E-state index in [1.165, 1.54) is 37.7 Å². The molecule has 1 N–H and O–H groups in total. The van der Waals surface area contributed by atoms with Crippen molar-refractivity contribution in [1.29, 1.82) is 0 Å². The first-order chi connectivity index (χ1) is 12.1. The van der Waals surface area contributed by atoms with Gasteiger partial charge in [0.05, 0.1) is 12.5 Å². The van der Waals surface area contributed by atoms with E-state index in [4.69, 9.17) is 4.74 Å². The van der Waals surface area contributed by atoms with Gasteiger partial charge in [-0.2, -0.15) is 0 Å². The van der Waals surface area contributed by atoms with Gasteiger partial charge < -0.3 is 14.6 Å². The quantitative estimate of drug-likeness (QED) is 0.822. The smallest absolute Gasteiger partial charge is 0.356 e. The Morgan fingerprint density at radius 2 is 2.28 bits per heavy atom. The zero-order chi connectivity index (χ0) is 17.4. The second-order valence-electron chi connectivity index (χ2n) is 7.13. The Bertz CT molecular complexity index is 774. The van der Waals surface area contributed by atoms with Crippen LogP contribution < -0.4 is 4.90 Å². The predicted octanol–water partition coefficient (Wildman–Crippen LogP) is 3.30. The van der Waals surface area contributed by atoms with E-state index in [2.05, 4.69) is 39.6 Å². The number of fused-ring (bicyclic) bond motifs is 1. The van der Waals surface area contributed by atoms with E-state index in [1.807, 2.05) is 13.0 Å². The fourth-order valence-electron chi connectivity index (χ4n) is 3.73. The molecule has 1 aromatic heterocycles. The van der Waals surface area contributed by atoms with Crippen molar-refractivity contribution in [2.24, 2.45) is 11.8 Å². The fourth-order valence-corrected chi connectivity index (χ4v) is 3.73. The third-order valence-corrected chi connectivity index (χ3v) is 5.23. The Morgan fingerprint density at radius 3 is 2.96 bits per heavy atom. The lowest BCUT2D eigenvalue weighted by atomic mass is 10.0. The number of imidazole rings is 1. The SMILES string of the molecule is C=Cc1cc(N2CC3CC3C2)ccc1CC(C)OC(=O)c1cnc[nH]1. The molecule has 2 fully saturated rings. The van der Waals surface area contributed by atoms with Crippen LogP contribution in [0.2, 0.25) is 0 Å². The van der Waals surface area contributed by atoms with Gasteiger partial charge in [0, 0.05) is 25.2 Å². The molecule has 1 aliphatic carbocycles. The van der Waals surface area contributed by atoms with Gasteiger partial charge in [-0.15, -0.1) is 0 Å². The second-order valence-corrected chi connectivity index (χ2v) is 7.13. The third kappa shape index (κ3) is 3.31. The number of aromatic amines is 1. The monoisotopic (exact) mass is 337 g/mol. The Balaban J connectivity index is 1.42. The van der Waals surface area contributed by atoms with Gasteiger partial charge in [0.2, 0.25) is 0 Å². The van der Waals surface area contributed by atoms with E-state index in [0.29, 0.717) is 12.1 Å². The molecule has 130 valence electrons. The molecule has 0 radical (unpaired) electrons. The van der Waals surface area contributed by atoms with E-state index in [9.17, 15) is 4.79 Å². The lowest BCUT2D eigenvalue weighted by Gasteiger charge is -2.22. The zero-order valence-corrected chi connectivity index (χ0v) is 14.4. The van der Waals surface area contributed by atoms with Gasteiger partial charge >= 0.3 is 5.97 Å². The molecule has 0 spiro atoms. The lowest BCUT2D eigenvalue weighted by molar-refractivity contribution is 0.0336. The van der Waals surface area contributed by atoms with E-state index in [-0.39, 0.29) is 12.1 Å². The van der Waals surface area contributed by atoms with Gasteiger partial charge in [0.15, 0.2) is 0 Å². The first kappa shape index (κ1) is 15.9. The molecular formula is C20H23N3O2. The summed E-state index contributed by atoms with van der Waals surface area (Å²) >= 11 is 0. The van der Waals surface area contributed by atoms with Crippen molar-refractivity contribution < 1.29 is 9.53 Å². The summed E-state index contributed by atoms with van der Waals surface area (Å²) < 4.78 is 5.49. The number of esters is 1. The molecule has 25 heavy (non-hydrogen) atoms. The Morgan fingerprint density at radius 1 is 1.48 bits per heavy atom. The Hall–Kier alpha value is -2.56. The first-order valence-corrected chi connectivity index (χ1v) is 8.83. The van der Waals surface area contributed by atoms with Gasteiger partial charge in [0.1, 0.15) is 11.8 Å². The van der Waals surface area contributed by atoms with E-state index < -0.39 is 0 Å². The van der Waals surface area contributed by atoms with Gasteiger partial charge in [-0.05, 0) is 48.4 Å². The lowest BCUT2D eigenvalue weighted by Crippen LogP contribution is -2.22. The first-order valence-electron chi connectivity index (χ1n) is 8.83. The van der Waals surface area contributed by atoms with Crippen LogP contribution in [-0.2, 0) is 11.2 Å². The molecule has 5 heteroatoms. The minimum absolute atomic E-state index is 0.222. The van der Waals surface area contributed by atoms with Crippen LogP contribution in [0.15, 0.2) is 37.3 Å². The number of hydrogen-bond acceptors (Lipinski definition) is 4. The maximum Gasteiger partial charge on any atom is 0.356 e. The number of anilines is 1. The van der Waals surface area contributed by atoms with Crippen LogP contribution in [0.1, 0.15) is 35.0 Å². The van der Waals surface area contributed by atoms with Crippen molar-refractivity contribution in [2.45, 2.75) is 25.9 Å². The van der Waals surface area contributed by atoms with Crippen LogP contribution >= 0.6 is 0 Å². The van der Waals surface area contributed by atoms with Crippen LogP contribution in [0.3, 0.4) is 0 Å².